The monoisotopic (exact) mass is 568 g/mol. The zero-order chi connectivity index (χ0) is 30.1. The largest absolute Gasteiger partial charge is 0.480 e. The number of ether oxygens (including phenoxy) is 1. The Morgan fingerprint density at radius 3 is 2.15 bits per heavy atom. The predicted octanol–water partition coefficient (Wildman–Crippen LogP) is 2.48. The maximum Gasteiger partial charge on any atom is 0.317 e. The summed E-state index contributed by atoms with van der Waals surface area (Å²) in [4.78, 5) is 50.0. The number of carbonyl (C=O) groups is 3. The zero-order valence-electron chi connectivity index (χ0n) is 22.9. The molecule has 218 valence electrons. The SMILES string of the molecule is CN1c2ccccc2C(C)(C)C12C=Cc1cc([N+](=O)[O-])cc(CN(CCN(CC(=O)O)CC(=O)O)CC(=O)O)c1O2. The van der Waals surface area contributed by atoms with Gasteiger partial charge in [-0.25, -0.2) is 0 Å². The number of anilines is 1. The second-order valence-electron chi connectivity index (χ2n) is 10.7. The molecule has 0 saturated carbocycles. The summed E-state index contributed by atoms with van der Waals surface area (Å²) in [6, 6.07) is 10.6. The fourth-order valence-electron chi connectivity index (χ4n) is 5.69. The highest BCUT2D eigenvalue weighted by molar-refractivity contribution is 5.74. The van der Waals surface area contributed by atoms with Crippen molar-refractivity contribution in [3.63, 3.8) is 0 Å². The smallest absolute Gasteiger partial charge is 0.317 e. The first-order chi connectivity index (χ1) is 19.2. The second kappa shape index (κ2) is 11.2. The van der Waals surface area contributed by atoms with Crippen LogP contribution < -0.4 is 9.64 Å². The summed E-state index contributed by atoms with van der Waals surface area (Å²) in [5.74, 6) is -3.25. The molecule has 1 spiro atoms. The van der Waals surface area contributed by atoms with E-state index >= 15 is 0 Å². The average Bonchev–Trinajstić information content (AvgIpc) is 3.04. The van der Waals surface area contributed by atoms with Crippen LogP contribution in [0.25, 0.3) is 6.08 Å². The van der Waals surface area contributed by atoms with E-state index in [0.717, 1.165) is 11.3 Å². The highest BCUT2D eigenvalue weighted by Gasteiger charge is 2.57. The molecule has 0 saturated heterocycles. The molecule has 13 nitrogen and oxygen atoms in total. The second-order valence-corrected chi connectivity index (χ2v) is 10.7. The Bertz CT molecular complexity index is 1410. The molecule has 2 heterocycles. The summed E-state index contributed by atoms with van der Waals surface area (Å²) in [7, 11) is 1.91. The molecule has 0 aromatic heterocycles. The minimum Gasteiger partial charge on any atom is -0.480 e. The first kappa shape index (κ1) is 29.5. The van der Waals surface area contributed by atoms with Gasteiger partial charge in [0, 0.05) is 55.6 Å². The van der Waals surface area contributed by atoms with Crippen LogP contribution in [-0.4, -0.2) is 93.4 Å². The maximum absolute atomic E-state index is 11.8. The zero-order valence-corrected chi connectivity index (χ0v) is 22.9. The van der Waals surface area contributed by atoms with Crippen molar-refractivity contribution >= 4 is 35.4 Å². The normalized spacial score (nSPS) is 18.3. The van der Waals surface area contributed by atoms with E-state index in [0.29, 0.717) is 16.9 Å². The van der Waals surface area contributed by atoms with Crippen LogP contribution in [0.5, 0.6) is 5.75 Å². The van der Waals surface area contributed by atoms with Crippen LogP contribution in [0.1, 0.15) is 30.5 Å². The van der Waals surface area contributed by atoms with Gasteiger partial charge in [0.1, 0.15) is 5.75 Å². The number of carboxylic acid groups (broad SMARTS) is 3. The number of non-ortho nitro benzene ring substituents is 1. The van der Waals surface area contributed by atoms with E-state index in [9.17, 15) is 29.6 Å². The van der Waals surface area contributed by atoms with Crippen molar-refractivity contribution in [3.8, 4) is 5.75 Å². The lowest BCUT2D eigenvalue weighted by molar-refractivity contribution is -0.385. The summed E-state index contributed by atoms with van der Waals surface area (Å²) in [5, 5.41) is 39.7. The molecule has 0 amide bonds. The Balaban J connectivity index is 1.71. The van der Waals surface area contributed by atoms with Crippen LogP contribution in [0.4, 0.5) is 11.4 Å². The van der Waals surface area contributed by atoms with Crippen molar-refractivity contribution in [2.45, 2.75) is 31.5 Å². The molecule has 2 aromatic rings. The molecule has 3 N–H and O–H groups in total. The Morgan fingerprint density at radius 2 is 1.56 bits per heavy atom. The third-order valence-electron chi connectivity index (χ3n) is 7.67. The van der Waals surface area contributed by atoms with Gasteiger partial charge in [0.05, 0.1) is 30.0 Å². The Morgan fingerprint density at radius 1 is 0.976 bits per heavy atom. The minimum absolute atomic E-state index is 0.0118. The van der Waals surface area contributed by atoms with Gasteiger partial charge in [-0.05, 0) is 37.6 Å². The number of aliphatic carboxylic acids is 3. The number of fused-ring (bicyclic) bond motifs is 2. The van der Waals surface area contributed by atoms with E-state index in [-0.39, 0.29) is 25.3 Å². The lowest BCUT2D eigenvalue weighted by atomic mass is 9.76. The Hall–Kier alpha value is -4.49. The van der Waals surface area contributed by atoms with Gasteiger partial charge < -0.3 is 25.0 Å². The van der Waals surface area contributed by atoms with Crippen molar-refractivity contribution in [1.29, 1.82) is 0 Å². The number of likely N-dealkylation sites (N-methyl/N-ethyl adjacent to an activating group) is 1. The summed E-state index contributed by atoms with van der Waals surface area (Å²) in [6.07, 6.45) is 3.66. The van der Waals surface area contributed by atoms with Crippen LogP contribution in [0, 0.1) is 10.1 Å². The molecule has 41 heavy (non-hydrogen) atoms. The van der Waals surface area contributed by atoms with Crippen LogP contribution in [-0.2, 0) is 26.3 Å². The molecular formula is C28H32N4O9. The highest BCUT2D eigenvalue weighted by atomic mass is 16.6. The third-order valence-corrected chi connectivity index (χ3v) is 7.67. The molecule has 2 aliphatic heterocycles. The molecule has 2 aliphatic rings. The number of nitro groups is 1. The van der Waals surface area contributed by atoms with E-state index in [2.05, 4.69) is 0 Å². The molecule has 0 fully saturated rings. The quantitative estimate of drug-likeness (QED) is 0.252. The topological polar surface area (TPSA) is 174 Å². The molecule has 1 unspecified atom stereocenters. The lowest BCUT2D eigenvalue weighted by Gasteiger charge is -2.46. The number of para-hydroxylation sites is 1. The van der Waals surface area contributed by atoms with Crippen molar-refractivity contribution in [2.75, 3.05) is 44.7 Å². The summed E-state index contributed by atoms with van der Waals surface area (Å²) >= 11 is 0. The van der Waals surface area contributed by atoms with Gasteiger partial charge in [0.15, 0.2) is 0 Å². The van der Waals surface area contributed by atoms with Gasteiger partial charge in [-0.3, -0.25) is 34.3 Å². The van der Waals surface area contributed by atoms with E-state index < -0.39 is 53.6 Å². The molecular weight excluding hydrogens is 536 g/mol. The van der Waals surface area contributed by atoms with Crippen LogP contribution in [0.3, 0.4) is 0 Å². The molecule has 2 aromatic carbocycles. The molecule has 0 bridgehead atoms. The first-order valence-electron chi connectivity index (χ1n) is 12.9. The average molecular weight is 569 g/mol. The van der Waals surface area contributed by atoms with Crippen molar-refractivity contribution < 1.29 is 39.4 Å². The number of hydrogen-bond acceptors (Lipinski definition) is 9. The van der Waals surface area contributed by atoms with E-state index in [4.69, 9.17) is 14.9 Å². The van der Waals surface area contributed by atoms with Gasteiger partial charge in [-0.2, -0.15) is 0 Å². The molecule has 0 radical (unpaired) electrons. The van der Waals surface area contributed by atoms with Crippen molar-refractivity contribution in [2.24, 2.45) is 0 Å². The van der Waals surface area contributed by atoms with Gasteiger partial charge in [-0.15, -0.1) is 0 Å². The van der Waals surface area contributed by atoms with Crippen molar-refractivity contribution in [1.82, 2.24) is 9.80 Å². The molecule has 0 aliphatic carbocycles. The molecule has 4 rings (SSSR count). The van der Waals surface area contributed by atoms with Gasteiger partial charge >= 0.3 is 17.9 Å². The maximum atomic E-state index is 11.8. The number of nitro benzene ring substituents is 1. The molecule has 1 atom stereocenters. The number of nitrogens with zero attached hydrogens (tertiary/aromatic N) is 4. The number of hydrogen-bond donors (Lipinski definition) is 3. The van der Waals surface area contributed by atoms with Crippen LogP contribution >= 0.6 is 0 Å². The number of carboxylic acids is 3. The van der Waals surface area contributed by atoms with E-state index in [1.54, 1.807) is 6.08 Å². The Labute approximate surface area is 236 Å². The van der Waals surface area contributed by atoms with Gasteiger partial charge in [0.25, 0.3) is 5.69 Å². The lowest BCUT2D eigenvalue weighted by Crippen LogP contribution is -2.58. The van der Waals surface area contributed by atoms with E-state index in [1.807, 2.05) is 56.1 Å². The summed E-state index contributed by atoms with van der Waals surface area (Å²) in [6.45, 7) is 2.39. The van der Waals surface area contributed by atoms with Crippen molar-refractivity contribution in [3.05, 3.63) is 69.3 Å². The van der Waals surface area contributed by atoms with Gasteiger partial charge in [0.2, 0.25) is 5.72 Å². The molecule has 13 heteroatoms. The van der Waals surface area contributed by atoms with Gasteiger partial charge in [-0.1, -0.05) is 18.2 Å². The van der Waals surface area contributed by atoms with Crippen LogP contribution in [0.15, 0.2) is 42.5 Å². The highest BCUT2D eigenvalue weighted by Crippen LogP contribution is 2.54. The predicted molar refractivity (Wildman–Crippen MR) is 148 cm³/mol. The fourth-order valence-corrected chi connectivity index (χ4v) is 5.69. The fraction of sp³-hybridized carbons (Fsp3) is 0.393. The first-order valence-corrected chi connectivity index (χ1v) is 12.9. The minimum atomic E-state index is -1.22. The summed E-state index contributed by atoms with van der Waals surface area (Å²) < 4.78 is 6.77. The van der Waals surface area contributed by atoms with Crippen LogP contribution in [0.2, 0.25) is 0 Å². The summed E-state index contributed by atoms with van der Waals surface area (Å²) in [5.41, 5.74) is 1.16. The van der Waals surface area contributed by atoms with E-state index in [1.165, 1.54) is 21.9 Å². The Kier molecular flexibility index (Phi) is 8.04. The number of benzene rings is 2. The third kappa shape index (κ3) is 5.72. The standard InChI is InChI=1S/C28H32N4O9/c1-27(2)21-6-4-5-7-22(21)29(3)28(27)9-8-18-12-20(32(39)40)13-19(26(18)41-28)14-30(15-23(33)34)10-11-31(16-24(35)36)17-25(37)38/h4-9,12-13H,10-11,14-17H2,1-3H3,(H,33,34)(H,35,36)(H,37,38). The number of rotatable bonds is 12.